The van der Waals surface area contributed by atoms with Gasteiger partial charge in [-0.3, -0.25) is 9.59 Å². The van der Waals surface area contributed by atoms with Crippen LogP contribution in [0.25, 0.3) is 11.0 Å². The molecule has 1 aromatic heterocycles. The van der Waals surface area contributed by atoms with Gasteiger partial charge in [0.05, 0.1) is 11.9 Å². The fourth-order valence-electron chi connectivity index (χ4n) is 6.15. The first-order valence-electron chi connectivity index (χ1n) is 14.2. The zero-order chi connectivity index (χ0) is 29.4. The van der Waals surface area contributed by atoms with Gasteiger partial charge in [-0.25, -0.2) is 4.68 Å². The summed E-state index contributed by atoms with van der Waals surface area (Å²) in [5.74, 6) is -0.358. The number of amides is 1. The van der Waals surface area contributed by atoms with Crippen molar-refractivity contribution >= 4 is 45.5 Å². The normalized spacial score (nSPS) is 13.8. The van der Waals surface area contributed by atoms with Crippen molar-refractivity contribution in [1.82, 2.24) is 19.9 Å². The minimum atomic E-state index is -0.239. The molecular formula is C33H37IN4O3. The number of carbonyl (C=O) groups is 2. The molecule has 1 aliphatic heterocycles. The maximum Gasteiger partial charge on any atom is 0.307 e. The summed E-state index contributed by atoms with van der Waals surface area (Å²) in [4.78, 5) is 28.6. The van der Waals surface area contributed by atoms with Crippen molar-refractivity contribution in [3.05, 3.63) is 92.0 Å². The van der Waals surface area contributed by atoms with E-state index in [0.29, 0.717) is 17.7 Å². The minimum Gasteiger partial charge on any atom is -0.455 e. The van der Waals surface area contributed by atoms with Crippen LogP contribution in [-0.4, -0.2) is 42.9 Å². The molecule has 0 bridgehead atoms. The van der Waals surface area contributed by atoms with E-state index >= 15 is 0 Å². The average Bonchev–Trinajstić information content (AvgIpc) is 3.39. The van der Waals surface area contributed by atoms with Gasteiger partial charge in [0.2, 0.25) is 0 Å². The Morgan fingerprint density at radius 2 is 1.71 bits per heavy atom. The quantitative estimate of drug-likeness (QED) is 0.126. The van der Waals surface area contributed by atoms with Crippen LogP contribution in [0, 0.1) is 34.6 Å². The van der Waals surface area contributed by atoms with Crippen molar-refractivity contribution in [1.29, 1.82) is 0 Å². The predicted octanol–water partition coefficient (Wildman–Crippen LogP) is 6.65. The van der Waals surface area contributed by atoms with E-state index in [2.05, 4.69) is 84.0 Å². The molecule has 3 aromatic carbocycles. The van der Waals surface area contributed by atoms with Gasteiger partial charge < -0.3 is 9.64 Å². The maximum atomic E-state index is 13.9. The van der Waals surface area contributed by atoms with Crippen molar-refractivity contribution in [2.75, 3.05) is 11.2 Å². The molecule has 2 heterocycles. The van der Waals surface area contributed by atoms with Crippen LogP contribution < -0.4 is 0 Å². The molecule has 0 aliphatic carbocycles. The standard InChI is InChI=1S/C33H37IN4O3/c1-7-38-29-11-10-27(23(6)32(29)35-36-38)28(16-30(39)41-18-34)25-9-8-24-12-13-37(17-26(24)15-25)33(40)31-21(4)19(2)14-20(3)22(31)5/h8-11,14-15,28H,7,12-13,16-18H2,1-6H3/t28-/m0/s1. The number of fused-ring (bicyclic) bond motifs is 2. The number of aromatic nitrogens is 3. The van der Waals surface area contributed by atoms with Gasteiger partial charge in [-0.15, -0.1) is 5.10 Å². The van der Waals surface area contributed by atoms with E-state index in [9.17, 15) is 9.59 Å². The van der Waals surface area contributed by atoms with Crippen LogP contribution in [0.2, 0.25) is 0 Å². The third-order valence-electron chi connectivity index (χ3n) is 8.76. The Morgan fingerprint density at radius 3 is 2.39 bits per heavy atom. The Morgan fingerprint density at radius 1 is 0.976 bits per heavy atom. The second-order valence-corrected chi connectivity index (χ2v) is 11.7. The van der Waals surface area contributed by atoms with Crippen molar-refractivity contribution < 1.29 is 14.3 Å². The summed E-state index contributed by atoms with van der Waals surface area (Å²) < 4.78 is 7.57. The Bertz CT molecular complexity index is 1630. The summed E-state index contributed by atoms with van der Waals surface area (Å²) in [6.07, 6.45) is 1.02. The maximum absolute atomic E-state index is 13.9. The molecule has 0 saturated carbocycles. The lowest BCUT2D eigenvalue weighted by Gasteiger charge is -2.31. The van der Waals surface area contributed by atoms with E-state index in [4.69, 9.17) is 4.74 Å². The number of benzene rings is 3. The molecule has 1 amide bonds. The lowest BCUT2D eigenvalue weighted by Crippen LogP contribution is -2.37. The first kappa shape index (κ1) is 29.2. The summed E-state index contributed by atoms with van der Waals surface area (Å²) in [6.45, 7) is 14.3. The number of esters is 1. The first-order valence-corrected chi connectivity index (χ1v) is 15.7. The van der Waals surface area contributed by atoms with Crippen LogP contribution in [0.5, 0.6) is 0 Å². The third-order valence-corrected chi connectivity index (χ3v) is 9.07. The van der Waals surface area contributed by atoms with Gasteiger partial charge in [0, 0.05) is 31.1 Å². The van der Waals surface area contributed by atoms with Gasteiger partial charge in [0.1, 0.15) is 10.1 Å². The fourth-order valence-corrected chi connectivity index (χ4v) is 6.50. The molecule has 5 rings (SSSR count). The Kier molecular flexibility index (Phi) is 8.50. The lowest BCUT2D eigenvalue weighted by molar-refractivity contribution is -0.141. The molecule has 0 unspecified atom stereocenters. The summed E-state index contributed by atoms with van der Waals surface area (Å²) in [6, 6.07) is 12.8. The molecule has 41 heavy (non-hydrogen) atoms. The van der Waals surface area contributed by atoms with Gasteiger partial charge in [-0.05, 0) is 127 Å². The van der Waals surface area contributed by atoms with Gasteiger partial charge in [-0.1, -0.05) is 35.5 Å². The molecule has 0 N–H and O–H groups in total. The second-order valence-electron chi connectivity index (χ2n) is 11.1. The molecule has 1 aliphatic rings. The summed E-state index contributed by atoms with van der Waals surface area (Å²) in [5, 5.41) is 8.75. The zero-order valence-electron chi connectivity index (χ0n) is 24.7. The van der Waals surface area contributed by atoms with Crippen molar-refractivity contribution in [3.63, 3.8) is 0 Å². The zero-order valence-corrected chi connectivity index (χ0v) is 26.8. The molecule has 0 radical (unpaired) electrons. The van der Waals surface area contributed by atoms with E-state index in [0.717, 1.165) is 74.1 Å². The molecule has 7 nitrogen and oxygen atoms in total. The summed E-state index contributed by atoms with van der Waals surface area (Å²) >= 11 is 2.05. The number of hydrogen-bond donors (Lipinski definition) is 0. The molecule has 8 heteroatoms. The van der Waals surface area contributed by atoms with Crippen molar-refractivity contribution in [3.8, 4) is 0 Å². The van der Waals surface area contributed by atoms with Gasteiger partial charge in [0.15, 0.2) is 0 Å². The highest BCUT2D eigenvalue weighted by Crippen LogP contribution is 2.36. The molecule has 214 valence electrons. The number of rotatable bonds is 7. The van der Waals surface area contributed by atoms with E-state index < -0.39 is 0 Å². The number of alkyl halides is 1. The highest BCUT2D eigenvalue weighted by atomic mass is 127. The highest BCUT2D eigenvalue weighted by molar-refractivity contribution is 14.1. The van der Waals surface area contributed by atoms with Crippen molar-refractivity contribution in [2.45, 2.75) is 73.4 Å². The average molecular weight is 665 g/mol. The van der Waals surface area contributed by atoms with E-state index in [1.165, 1.54) is 5.56 Å². The minimum absolute atomic E-state index is 0.0883. The van der Waals surface area contributed by atoms with E-state index in [-0.39, 0.29) is 24.2 Å². The number of nitrogens with zero attached hydrogens (tertiary/aromatic N) is 4. The molecular weight excluding hydrogens is 627 g/mol. The smallest absolute Gasteiger partial charge is 0.307 e. The molecule has 0 spiro atoms. The molecule has 0 fully saturated rings. The molecule has 4 aromatic rings. The third kappa shape index (κ3) is 5.50. The number of halogens is 1. The Labute approximate surface area is 255 Å². The van der Waals surface area contributed by atoms with Crippen molar-refractivity contribution in [2.24, 2.45) is 0 Å². The topological polar surface area (TPSA) is 77.3 Å². The first-order chi connectivity index (χ1) is 19.6. The van der Waals surface area contributed by atoms with Crippen LogP contribution >= 0.6 is 22.6 Å². The van der Waals surface area contributed by atoms with Gasteiger partial charge in [-0.2, -0.15) is 0 Å². The number of ether oxygens (including phenoxy) is 1. The van der Waals surface area contributed by atoms with Gasteiger partial charge in [0.25, 0.3) is 5.91 Å². The Hall–Kier alpha value is -3.27. The van der Waals surface area contributed by atoms with Gasteiger partial charge >= 0.3 is 5.97 Å². The number of carbonyl (C=O) groups excluding carboxylic acids is 2. The fraction of sp³-hybridized carbons (Fsp3) is 0.394. The van der Waals surface area contributed by atoms with Crippen LogP contribution in [0.4, 0.5) is 0 Å². The SMILES string of the molecule is CCn1nnc2c(C)c([C@@H](CC(=O)OCI)c3ccc4c(c3)CN(C(=O)c3c(C)c(C)cc(C)c3C)CC4)ccc21. The van der Waals surface area contributed by atoms with Crippen LogP contribution in [0.3, 0.4) is 0 Å². The number of aryl methyl sites for hydroxylation is 4. The molecule has 1 atom stereocenters. The van der Waals surface area contributed by atoms with Crippen LogP contribution in [0.1, 0.15) is 79.7 Å². The largest absolute Gasteiger partial charge is 0.455 e. The van der Waals surface area contributed by atoms with E-state index in [1.807, 2.05) is 36.4 Å². The monoisotopic (exact) mass is 664 g/mol. The predicted molar refractivity (Wildman–Crippen MR) is 170 cm³/mol. The Balaban J connectivity index is 1.52. The van der Waals surface area contributed by atoms with E-state index in [1.54, 1.807) is 0 Å². The summed E-state index contributed by atoms with van der Waals surface area (Å²) in [7, 11) is 0. The van der Waals surface area contributed by atoms with Crippen LogP contribution in [-0.2, 0) is 29.0 Å². The van der Waals surface area contributed by atoms with Crippen LogP contribution in [0.15, 0.2) is 36.4 Å². The number of hydrogen-bond acceptors (Lipinski definition) is 5. The second kappa shape index (κ2) is 11.9. The molecule has 0 saturated heterocycles. The highest BCUT2D eigenvalue weighted by Gasteiger charge is 2.28. The lowest BCUT2D eigenvalue weighted by atomic mass is 9.83. The summed E-state index contributed by atoms with van der Waals surface area (Å²) in [5.41, 5.74) is 12.5.